The first kappa shape index (κ1) is 17.1. The van der Waals surface area contributed by atoms with E-state index >= 15 is 0 Å². The maximum absolute atomic E-state index is 11.9. The van der Waals surface area contributed by atoms with E-state index in [1.165, 1.54) is 0 Å². The Labute approximate surface area is 165 Å². The highest BCUT2D eigenvalue weighted by molar-refractivity contribution is 6.02. The van der Waals surface area contributed by atoms with Gasteiger partial charge in [-0.25, -0.2) is 10.8 Å². The number of carbonyl (C=O) groups excluding carboxylic acids is 1. The van der Waals surface area contributed by atoms with Crippen molar-refractivity contribution in [1.29, 1.82) is 0 Å². The highest BCUT2D eigenvalue weighted by Crippen LogP contribution is 2.31. The molecule has 8 nitrogen and oxygen atoms in total. The summed E-state index contributed by atoms with van der Waals surface area (Å²) in [6, 6.07) is 17.9. The van der Waals surface area contributed by atoms with Crippen LogP contribution in [0.15, 0.2) is 67.0 Å². The normalized spacial score (nSPS) is 11.2. The zero-order valence-corrected chi connectivity index (χ0v) is 15.3. The molecule has 0 spiro atoms. The number of nitrogens with zero attached hydrogens (tertiary/aromatic N) is 4. The molecule has 0 radical (unpaired) electrons. The molecule has 29 heavy (non-hydrogen) atoms. The number of hydrogen-bond acceptors (Lipinski definition) is 5. The lowest BCUT2D eigenvalue weighted by molar-refractivity contribution is 0.0944. The summed E-state index contributed by atoms with van der Waals surface area (Å²) in [6.07, 6.45) is 3.49. The third kappa shape index (κ3) is 3.01. The lowest BCUT2D eigenvalue weighted by atomic mass is 10.1. The maximum Gasteiger partial charge on any atom is 0.300 e. The molecule has 0 atom stereocenters. The Morgan fingerprint density at radius 2 is 1.90 bits per heavy atom. The number of fused-ring (bicyclic) bond motifs is 2. The van der Waals surface area contributed by atoms with E-state index in [-0.39, 0.29) is 5.82 Å². The Balaban J connectivity index is 1.73. The first-order chi connectivity index (χ1) is 14.2. The predicted octanol–water partition coefficient (Wildman–Crippen LogP) is 2.63. The highest BCUT2D eigenvalue weighted by atomic mass is 16.2. The first-order valence-corrected chi connectivity index (χ1v) is 9.08. The molecule has 4 N–H and O–H groups in total. The van der Waals surface area contributed by atoms with E-state index in [0.717, 1.165) is 33.2 Å². The van der Waals surface area contributed by atoms with E-state index in [2.05, 4.69) is 32.5 Å². The van der Waals surface area contributed by atoms with Gasteiger partial charge in [0.2, 0.25) is 0 Å². The van der Waals surface area contributed by atoms with Crippen molar-refractivity contribution in [3.63, 3.8) is 0 Å². The van der Waals surface area contributed by atoms with Gasteiger partial charge >= 0.3 is 5.91 Å². The fraction of sp³-hybridized carbons (Fsp3) is 0.0476. The van der Waals surface area contributed by atoms with Crippen LogP contribution in [0.2, 0.25) is 0 Å². The second-order valence-electron chi connectivity index (χ2n) is 6.67. The van der Waals surface area contributed by atoms with E-state index < -0.39 is 5.91 Å². The molecule has 142 valence electrons. The average Bonchev–Trinajstić information content (AvgIpc) is 3.34. The molecule has 0 fully saturated rings. The molecule has 8 heteroatoms. The fourth-order valence-corrected chi connectivity index (χ4v) is 3.45. The van der Waals surface area contributed by atoms with Crippen LogP contribution < -0.4 is 11.3 Å². The molecule has 0 aliphatic carbocycles. The summed E-state index contributed by atoms with van der Waals surface area (Å²) in [5, 5.41) is 5.83. The largest absolute Gasteiger partial charge is 0.334 e. The first-order valence-electron chi connectivity index (χ1n) is 9.08. The minimum absolute atomic E-state index is 0.170. The highest BCUT2D eigenvalue weighted by Gasteiger charge is 2.17. The Hall–Kier alpha value is -4.04. The molecule has 0 aliphatic heterocycles. The van der Waals surface area contributed by atoms with E-state index in [9.17, 15) is 4.79 Å². The van der Waals surface area contributed by atoms with Gasteiger partial charge in [-0.3, -0.25) is 19.9 Å². The molecule has 1 amide bonds. The van der Waals surface area contributed by atoms with E-state index in [1.54, 1.807) is 12.4 Å². The number of benzene rings is 2. The van der Waals surface area contributed by atoms with Gasteiger partial charge in [0.1, 0.15) is 5.69 Å². The lowest BCUT2D eigenvalue weighted by Gasteiger charge is -2.03. The second kappa shape index (κ2) is 6.84. The number of hydrazine groups is 1. The van der Waals surface area contributed by atoms with Crippen molar-refractivity contribution in [3.8, 4) is 11.3 Å². The number of hydrogen-bond donors (Lipinski definition) is 3. The van der Waals surface area contributed by atoms with Crippen LogP contribution in [-0.2, 0) is 6.54 Å². The summed E-state index contributed by atoms with van der Waals surface area (Å²) < 4.78 is 1.96. The number of nitrogens with two attached hydrogens (primary N) is 1. The molecule has 5 rings (SSSR count). The summed E-state index contributed by atoms with van der Waals surface area (Å²) in [5.41, 5.74) is 7.41. The summed E-state index contributed by atoms with van der Waals surface area (Å²) in [5.74, 6) is 4.94. The van der Waals surface area contributed by atoms with E-state index in [0.29, 0.717) is 12.1 Å². The van der Waals surface area contributed by atoms with Crippen LogP contribution in [-0.4, -0.2) is 30.6 Å². The number of pyridine rings is 1. The number of nitrogen functional groups attached to an aromatic ring is 1. The molecule has 3 aromatic heterocycles. The Morgan fingerprint density at radius 1 is 1.10 bits per heavy atom. The summed E-state index contributed by atoms with van der Waals surface area (Å²) in [6.45, 7) is 0.623. The van der Waals surface area contributed by atoms with E-state index in [4.69, 9.17) is 10.9 Å². The third-order valence-electron chi connectivity index (χ3n) is 4.83. The Morgan fingerprint density at radius 3 is 2.66 bits per heavy atom. The summed E-state index contributed by atoms with van der Waals surface area (Å²) in [4.78, 5) is 23.3. The van der Waals surface area contributed by atoms with Gasteiger partial charge in [0.25, 0.3) is 0 Å². The van der Waals surface area contributed by atoms with Crippen molar-refractivity contribution in [1.82, 2.24) is 30.2 Å². The minimum atomic E-state index is -0.467. The van der Waals surface area contributed by atoms with Gasteiger partial charge in [0, 0.05) is 23.3 Å². The number of aromatic nitrogens is 5. The fourth-order valence-electron chi connectivity index (χ4n) is 3.45. The zero-order chi connectivity index (χ0) is 19.8. The SMILES string of the molecule is NNC(=O)c1nc2cc3c(-c4ccncc4)nn(Cc4ccccc4)c3cc2[nH]1. The van der Waals surface area contributed by atoms with Crippen molar-refractivity contribution < 1.29 is 4.79 Å². The van der Waals surface area contributed by atoms with Gasteiger partial charge in [0.15, 0.2) is 5.82 Å². The monoisotopic (exact) mass is 383 g/mol. The van der Waals surface area contributed by atoms with Crippen LogP contribution >= 0.6 is 0 Å². The maximum atomic E-state index is 11.9. The molecule has 3 heterocycles. The van der Waals surface area contributed by atoms with Crippen molar-refractivity contribution in [2.24, 2.45) is 5.84 Å². The van der Waals surface area contributed by atoms with Crippen LogP contribution in [0, 0.1) is 0 Å². The number of imidazole rings is 1. The standard InChI is InChI=1S/C21H17N7O/c22-26-21(29)20-24-16-10-15-18(11-17(16)25-20)28(12-13-4-2-1-3-5-13)27-19(15)14-6-8-23-9-7-14/h1-11H,12,22H2,(H,24,25)(H,26,29). The van der Waals surface area contributed by atoms with Crippen molar-refractivity contribution in [2.75, 3.05) is 0 Å². The van der Waals surface area contributed by atoms with Crippen molar-refractivity contribution in [2.45, 2.75) is 6.54 Å². The van der Waals surface area contributed by atoms with Gasteiger partial charge in [0.05, 0.1) is 23.1 Å². The van der Waals surface area contributed by atoms with Crippen LogP contribution in [0.5, 0.6) is 0 Å². The molecule has 5 aromatic rings. The molecule has 0 saturated heterocycles. The quantitative estimate of drug-likeness (QED) is 0.251. The van der Waals surface area contributed by atoms with E-state index in [1.807, 2.05) is 47.1 Å². The zero-order valence-electron chi connectivity index (χ0n) is 15.3. The van der Waals surface area contributed by atoms with Crippen LogP contribution in [0.4, 0.5) is 0 Å². The van der Waals surface area contributed by atoms with Gasteiger partial charge in [-0.1, -0.05) is 30.3 Å². The molecule has 2 aromatic carbocycles. The Kier molecular flexibility index (Phi) is 4.03. The van der Waals surface area contributed by atoms with Gasteiger partial charge < -0.3 is 4.98 Å². The molecule has 0 saturated carbocycles. The Bertz CT molecular complexity index is 1320. The van der Waals surface area contributed by atoms with Crippen LogP contribution in [0.3, 0.4) is 0 Å². The number of nitrogens with one attached hydrogen (secondary N) is 2. The number of H-pyrrole nitrogens is 1. The average molecular weight is 383 g/mol. The smallest absolute Gasteiger partial charge is 0.300 e. The topological polar surface area (TPSA) is 115 Å². The number of aromatic amines is 1. The molecule has 0 unspecified atom stereocenters. The van der Waals surface area contributed by atoms with Gasteiger partial charge in [-0.15, -0.1) is 0 Å². The molecule has 0 aliphatic rings. The predicted molar refractivity (Wildman–Crippen MR) is 110 cm³/mol. The molecule has 0 bridgehead atoms. The summed E-state index contributed by atoms with van der Waals surface area (Å²) >= 11 is 0. The van der Waals surface area contributed by atoms with Crippen LogP contribution in [0.1, 0.15) is 16.2 Å². The second-order valence-corrected chi connectivity index (χ2v) is 6.67. The number of amides is 1. The van der Waals surface area contributed by atoms with Crippen molar-refractivity contribution >= 4 is 27.8 Å². The van der Waals surface area contributed by atoms with Crippen LogP contribution in [0.25, 0.3) is 33.2 Å². The van der Waals surface area contributed by atoms with Gasteiger partial charge in [-0.05, 0) is 29.8 Å². The number of rotatable bonds is 4. The minimum Gasteiger partial charge on any atom is -0.334 e. The molecular formula is C21H17N7O. The van der Waals surface area contributed by atoms with Crippen molar-refractivity contribution in [3.05, 3.63) is 78.4 Å². The summed E-state index contributed by atoms with van der Waals surface area (Å²) in [7, 11) is 0. The number of carbonyl (C=O) groups is 1. The molecular weight excluding hydrogens is 366 g/mol. The third-order valence-corrected chi connectivity index (χ3v) is 4.83. The van der Waals surface area contributed by atoms with Gasteiger partial charge in [-0.2, -0.15) is 5.10 Å². The lowest BCUT2D eigenvalue weighted by Crippen LogP contribution is -2.30.